The van der Waals surface area contributed by atoms with Gasteiger partial charge in [0.15, 0.2) is 0 Å². The van der Waals surface area contributed by atoms with Gasteiger partial charge in [-0.1, -0.05) is 46.2 Å². The molecule has 18 heavy (non-hydrogen) atoms. The maximum absolute atomic E-state index is 10.8. The largest absolute Gasteiger partial charge is 0.298 e. The Balaban J connectivity index is 0.000000509. The maximum atomic E-state index is 10.8. The molecule has 1 aliphatic carbocycles. The molecular weight excluding hydrogens is 220 g/mol. The summed E-state index contributed by atoms with van der Waals surface area (Å²) in [5.74, 6) is 0. The van der Waals surface area contributed by atoms with E-state index >= 15 is 0 Å². The summed E-state index contributed by atoms with van der Waals surface area (Å²) in [5.41, 5.74) is 4.98. The smallest absolute Gasteiger partial charge is 0.150 e. The first-order valence-corrected chi connectivity index (χ1v) is 7.31. The second-order valence-corrected chi connectivity index (χ2v) is 4.46. The highest BCUT2D eigenvalue weighted by molar-refractivity contribution is 5.78. The molecule has 0 aromatic heterocycles. The van der Waals surface area contributed by atoms with Crippen LogP contribution in [0.4, 0.5) is 0 Å². The molecule has 0 fully saturated rings. The lowest BCUT2D eigenvalue weighted by Gasteiger charge is -2.19. The first-order valence-electron chi connectivity index (χ1n) is 7.31. The summed E-state index contributed by atoms with van der Waals surface area (Å²) in [4.78, 5) is 10.8. The van der Waals surface area contributed by atoms with E-state index in [0.717, 1.165) is 24.7 Å². The predicted molar refractivity (Wildman–Crippen MR) is 80.5 cm³/mol. The molecule has 1 aliphatic rings. The zero-order chi connectivity index (χ0) is 14.0. The van der Waals surface area contributed by atoms with Crippen LogP contribution in [-0.2, 0) is 12.8 Å². The summed E-state index contributed by atoms with van der Waals surface area (Å²) in [5, 5.41) is 0. The van der Waals surface area contributed by atoms with Gasteiger partial charge in [0.25, 0.3) is 0 Å². The summed E-state index contributed by atoms with van der Waals surface area (Å²) in [7, 11) is 0. The van der Waals surface area contributed by atoms with Crippen LogP contribution in [-0.4, -0.2) is 6.29 Å². The van der Waals surface area contributed by atoms with Crippen molar-refractivity contribution in [3.8, 4) is 0 Å². The molecular formula is C17H28O. The van der Waals surface area contributed by atoms with Gasteiger partial charge in [-0.2, -0.15) is 0 Å². The number of aldehydes is 1. The number of carbonyl (C=O) groups excluding carboxylic acids is 1. The number of benzene rings is 1. The molecule has 0 heterocycles. The molecule has 0 bridgehead atoms. The Kier molecular flexibility index (Phi) is 9.26. The third-order valence-corrected chi connectivity index (χ3v) is 2.93. The highest BCUT2D eigenvalue weighted by Gasteiger charge is 2.14. The van der Waals surface area contributed by atoms with Crippen LogP contribution in [0.15, 0.2) is 12.1 Å². The summed E-state index contributed by atoms with van der Waals surface area (Å²) in [6.07, 6.45) is 6.99. The number of rotatable bonds is 1. The summed E-state index contributed by atoms with van der Waals surface area (Å²) < 4.78 is 0. The Morgan fingerprint density at radius 2 is 1.56 bits per heavy atom. The molecule has 1 aromatic rings. The fraction of sp³-hybridized carbons (Fsp3) is 0.588. The van der Waals surface area contributed by atoms with Crippen LogP contribution in [0, 0.1) is 6.92 Å². The monoisotopic (exact) mass is 248 g/mol. The van der Waals surface area contributed by atoms with Gasteiger partial charge in [0.1, 0.15) is 6.29 Å². The molecule has 0 spiro atoms. The molecule has 0 amide bonds. The van der Waals surface area contributed by atoms with Gasteiger partial charge in [-0.15, -0.1) is 0 Å². The van der Waals surface area contributed by atoms with E-state index in [9.17, 15) is 4.79 Å². The van der Waals surface area contributed by atoms with Crippen molar-refractivity contribution >= 4 is 6.29 Å². The van der Waals surface area contributed by atoms with E-state index in [-0.39, 0.29) is 0 Å². The normalized spacial score (nSPS) is 12.3. The molecule has 1 aromatic carbocycles. The lowest BCUT2D eigenvalue weighted by Crippen LogP contribution is -2.07. The van der Waals surface area contributed by atoms with Gasteiger partial charge in [0, 0.05) is 5.56 Å². The molecule has 0 atom stereocenters. The molecule has 0 aliphatic heterocycles. The van der Waals surface area contributed by atoms with Crippen molar-refractivity contribution in [3.63, 3.8) is 0 Å². The van der Waals surface area contributed by atoms with E-state index in [0.29, 0.717) is 0 Å². The maximum Gasteiger partial charge on any atom is 0.150 e. The average molecular weight is 248 g/mol. The average Bonchev–Trinajstić information content (AvgIpc) is 2.43. The molecule has 0 radical (unpaired) electrons. The minimum Gasteiger partial charge on any atom is -0.298 e. The Hall–Kier alpha value is -1.11. The van der Waals surface area contributed by atoms with Gasteiger partial charge in [-0.3, -0.25) is 4.79 Å². The number of hydrogen-bond acceptors (Lipinski definition) is 1. The van der Waals surface area contributed by atoms with Crippen molar-refractivity contribution in [1.29, 1.82) is 0 Å². The summed E-state index contributed by atoms with van der Waals surface area (Å²) in [6.45, 7) is 10.4. The molecule has 0 N–H and O–H groups in total. The van der Waals surface area contributed by atoms with Crippen LogP contribution in [0.25, 0.3) is 0 Å². The van der Waals surface area contributed by atoms with Crippen LogP contribution < -0.4 is 0 Å². The van der Waals surface area contributed by atoms with Gasteiger partial charge in [0.05, 0.1) is 0 Å². The zero-order valence-electron chi connectivity index (χ0n) is 12.7. The molecule has 0 saturated heterocycles. The standard InChI is InChI=1S/C12H14O.C3H8.C2H6/c1-9-6-7-10(8-13)12-5-3-2-4-11(9)12;1-3-2;1-2/h6-8H,2-5H2,1H3;3H2,1-2H3;1-2H3. The van der Waals surface area contributed by atoms with Crippen LogP contribution in [0.2, 0.25) is 0 Å². The second kappa shape index (κ2) is 9.87. The van der Waals surface area contributed by atoms with Crippen molar-refractivity contribution in [2.45, 2.75) is 66.7 Å². The number of aryl methyl sites for hydroxylation is 1. The van der Waals surface area contributed by atoms with Crippen LogP contribution in [0.1, 0.15) is 74.0 Å². The van der Waals surface area contributed by atoms with Gasteiger partial charge < -0.3 is 0 Å². The number of hydrogen-bond donors (Lipinski definition) is 0. The van der Waals surface area contributed by atoms with Crippen molar-refractivity contribution in [2.75, 3.05) is 0 Å². The number of fused-ring (bicyclic) bond motifs is 1. The molecule has 0 unspecified atom stereocenters. The van der Waals surface area contributed by atoms with Crippen LogP contribution >= 0.6 is 0 Å². The second-order valence-electron chi connectivity index (χ2n) is 4.46. The van der Waals surface area contributed by atoms with E-state index in [2.05, 4.69) is 26.8 Å². The van der Waals surface area contributed by atoms with Crippen molar-refractivity contribution < 1.29 is 4.79 Å². The van der Waals surface area contributed by atoms with Gasteiger partial charge in [0.2, 0.25) is 0 Å². The molecule has 1 nitrogen and oxygen atoms in total. The Labute approximate surface area is 113 Å². The van der Waals surface area contributed by atoms with E-state index in [4.69, 9.17) is 0 Å². The van der Waals surface area contributed by atoms with Crippen molar-refractivity contribution in [3.05, 3.63) is 34.4 Å². The fourth-order valence-electron chi connectivity index (χ4n) is 2.19. The summed E-state index contributed by atoms with van der Waals surface area (Å²) in [6, 6.07) is 4.01. The first kappa shape index (κ1) is 16.9. The molecule has 2 rings (SSSR count). The van der Waals surface area contributed by atoms with E-state index in [1.807, 2.05) is 19.9 Å². The van der Waals surface area contributed by atoms with E-state index in [1.54, 1.807) is 0 Å². The topological polar surface area (TPSA) is 17.1 Å². The van der Waals surface area contributed by atoms with Crippen molar-refractivity contribution in [1.82, 2.24) is 0 Å². The molecule has 102 valence electrons. The van der Waals surface area contributed by atoms with Gasteiger partial charge >= 0.3 is 0 Å². The minimum atomic E-state index is 0.903. The lowest BCUT2D eigenvalue weighted by molar-refractivity contribution is 0.112. The van der Waals surface area contributed by atoms with Crippen molar-refractivity contribution in [2.24, 2.45) is 0 Å². The van der Waals surface area contributed by atoms with E-state index in [1.165, 1.54) is 36.0 Å². The molecule has 0 saturated carbocycles. The van der Waals surface area contributed by atoms with E-state index < -0.39 is 0 Å². The molecule has 1 heteroatoms. The quantitative estimate of drug-likeness (QED) is 0.630. The number of carbonyl (C=O) groups is 1. The van der Waals surface area contributed by atoms with Crippen LogP contribution in [0.5, 0.6) is 0 Å². The third-order valence-electron chi connectivity index (χ3n) is 2.93. The Bertz CT molecular complexity index is 353. The highest BCUT2D eigenvalue weighted by atomic mass is 16.1. The fourth-order valence-corrected chi connectivity index (χ4v) is 2.19. The Morgan fingerprint density at radius 1 is 1.06 bits per heavy atom. The predicted octanol–water partition coefficient (Wildman–Crippen LogP) is 5.13. The summed E-state index contributed by atoms with van der Waals surface area (Å²) >= 11 is 0. The minimum absolute atomic E-state index is 0.903. The zero-order valence-corrected chi connectivity index (χ0v) is 12.7. The van der Waals surface area contributed by atoms with Gasteiger partial charge in [-0.05, 0) is 49.3 Å². The first-order chi connectivity index (χ1) is 8.74. The third kappa shape index (κ3) is 4.64. The SMILES string of the molecule is CC.CCC.Cc1ccc(C=O)c2c1CCCC2. The van der Waals surface area contributed by atoms with Gasteiger partial charge in [-0.25, -0.2) is 0 Å². The van der Waals surface area contributed by atoms with Crippen LogP contribution in [0.3, 0.4) is 0 Å². The highest BCUT2D eigenvalue weighted by Crippen LogP contribution is 2.26. The lowest BCUT2D eigenvalue weighted by atomic mass is 9.86. The Morgan fingerprint density at radius 3 is 2.06 bits per heavy atom.